The lowest BCUT2D eigenvalue weighted by Gasteiger charge is -2.28. The lowest BCUT2D eigenvalue weighted by Crippen LogP contribution is -2.36. The number of fused-ring (bicyclic) bond motifs is 1. The van der Waals surface area contributed by atoms with Gasteiger partial charge in [-0.05, 0) is 36.4 Å². The average molecular weight is 432 g/mol. The van der Waals surface area contributed by atoms with E-state index in [9.17, 15) is 14.0 Å². The molecule has 0 atom stereocenters. The predicted molar refractivity (Wildman–Crippen MR) is 107 cm³/mol. The van der Waals surface area contributed by atoms with Crippen molar-refractivity contribution in [2.45, 2.75) is 6.54 Å². The highest BCUT2D eigenvalue weighted by molar-refractivity contribution is 9.10. The molecule has 1 aliphatic heterocycles. The monoisotopic (exact) mass is 431 g/mol. The second-order valence-electron chi connectivity index (χ2n) is 6.35. The van der Waals surface area contributed by atoms with Crippen LogP contribution >= 0.6 is 15.9 Å². The SMILES string of the molecule is C=CCN(Cc1cc(Br)ccc1F)C(=O)c1ccc2c(c1)NC(=O)CN2C. The fraction of sp³-hybridized carbons (Fsp3) is 0.200. The Morgan fingerprint density at radius 1 is 1.37 bits per heavy atom. The number of halogens is 2. The Balaban J connectivity index is 1.89. The molecule has 0 bridgehead atoms. The number of hydrogen-bond acceptors (Lipinski definition) is 3. The molecule has 5 nitrogen and oxygen atoms in total. The van der Waals surface area contributed by atoms with Crippen molar-refractivity contribution in [3.63, 3.8) is 0 Å². The van der Waals surface area contributed by atoms with Crippen molar-refractivity contribution in [3.8, 4) is 0 Å². The van der Waals surface area contributed by atoms with E-state index in [0.29, 0.717) is 16.8 Å². The van der Waals surface area contributed by atoms with E-state index in [1.54, 1.807) is 36.4 Å². The number of nitrogens with one attached hydrogen (secondary N) is 1. The average Bonchev–Trinajstić information content (AvgIpc) is 2.63. The molecule has 3 rings (SSSR count). The van der Waals surface area contributed by atoms with E-state index >= 15 is 0 Å². The summed E-state index contributed by atoms with van der Waals surface area (Å²) in [6, 6.07) is 9.79. The zero-order chi connectivity index (χ0) is 19.6. The lowest BCUT2D eigenvalue weighted by molar-refractivity contribution is -0.115. The van der Waals surface area contributed by atoms with Gasteiger partial charge in [-0.1, -0.05) is 22.0 Å². The van der Waals surface area contributed by atoms with E-state index in [1.165, 1.54) is 11.0 Å². The van der Waals surface area contributed by atoms with Crippen LogP contribution in [0, 0.1) is 5.82 Å². The third kappa shape index (κ3) is 4.19. The molecular formula is C20H19BrFN3O2. The molecule has 0 aliphatic carbocycles. The molecule has 2 amide bonds. The van der Waals surface area contributed by atoms with Crippen molar-refractivity contribution in [1.29, 1.82) is 0 Å². The highest BCUT2D eigenvalue weighted by atomic mass is 79.9. The minimum Gasteiger partial charge on any atom is -0.364 e. The minimum absolute atomic E-state index is 0.111. The van der Waals surface area contributed by atoms with Gasteiger partial charge in [0.25, 0.3) is 5.91 Å². The van der Waals surface area contributed by atoms with Crippen molar-refractivity contribution in [2.24, 2.45) is 0 Å². The Bertz CT molecular complexity index is 916. The topological polar surface area (TPSA) is 52.7 Å². The van der Waals surface area contributed by atoms with Gasteiger partial charge >= 0.3 is 0 Å². The first-order valence-corrected chi connectivity index (χ1v) is 9.17. The molecule has 0 saturated carbocycles. The normalized spacial score (nSPS) is 13.0. The van der Waals surface area contributed by atoms with E-state index in [4.69, 9.17) is 0 Å². The van der Waals surface area contributed by atoms with Crippen molar-refractivity contribution >= 4 is 39.1 Å². The van der Waals surface area contributed by atoms with Crippen LogP contribution < -0.4 is 10.2 Å². The molecule has 0 unspecified atom stereocenters. The Kier molecular flexibility index (Phi) is 5.60. The third-order valence-corrected chi connectivity index (χ3v) is 4.81. The number of rotatable bonds is 5. The molecule has 0 fully saturated rings. The summed E-state index contributed by atoms with van der Waals surface area (Å²) in [6.45, 7) is 4.34. The summed E-state index contributed by atoms with van der Waals surface area (Å²) in [4.78, 5) is 28.1. The first-order valence-electron chi connectivity index (χ1n) is 8.38. The summed E-state index contributed by atoms with van der Waals surface area (Å²) in [6.07, 6.45) is 1.60. The van der Waals surface area contributed by atoms with Gasteiger partial charge < -0.3 is 15.1 Å². The number of hydrogen-bond donors (Lipinski definition) is 1. The first-order chi connectivity index (χ1) is 12.9. The summed E-state index contributed by atoms with van der Waals surface area (Å²) in [5.74, 6) is -0.771. The number of anilines is 2. The Labute approximate surface area is 165 Å². The molecule has 1 N–H and O–H groups in total. The summed E-state index contributed by atoms with van der Waals surface area (Å²) in [5.41, 5.74) is 2.26. The van der Waals surface area contributed by atoms with E-state index in [0.717, 1.165) is 10.2 Å². The fourth-order valence-electron chi connectivity index (χ4n) is 3.02. The van der Waals surface area contributed by atoms with Gasteiger partial charge in [-0.2, -0.15) is 0 Å². The quantitative estimate of drug-likeness (QED) is 0.732. The van der Waals surface area contributed by atoms with Crippen LogP contribution in [0.2, 0.25) is 0 Å². The number of amides is 2. The van der Waals surface area contributed by atoms with Crippen molar-refractivity contribution in [2.75, 3.05) is 30.4 Å². The van der Waals surface area contributed by atoms with Crippen LogP contribution in [0.3, 0.4) is 0 Å². The molecule has 1 aliphatic rings. The molecule has 0 aromatic heterocycles. The molecule has 0 radical (unpaired) electrons. The molecular weight excluding hydrogens is 413 g/mol. The predicted octanol–water partition coefficient (Wildman–Crippen LogP) is 3.80. The molecule has 140 valence electrons. The highest BCUT2D eigenvalue weighted by Crippen LogP contribution is 2.30. The molecule has 0 saturated heterocycles. The van der Waals surface area contributed by atoms with Gasteiger partial charge in [0.15, 0.2) is 0 Å². The summed E-state index contributed by atoms with van der Waals surface area (Å²) in [7, 11) is 1.82. The fourth-order valence-corrected chi connectivity index (χ4v) is 3.43. The van der Waals surface area contributed by atoms with Crippen LogP contribution in [0.1, 0.15) is 15.9 Å². The molecule has 2 aromatic rings. The van der Waals surface area contributed by atoms with Gasteiger partial charge in [-0.3, -0.25) is 9.59 Å². The number of nitrogens with zero attached hydrogens (tertiary/aromatic N) is 2. The van der Waals surface area contributed by atoms with Crippen molar-refractivity contribution in [3.05, 3.63) is 70.5 Å². The smallest absolute Gasteiger partial charge is 0.254 e. The number of likely N-dealkylation sites (N-methyl/N-ethyl adjacent to an activating group) is 1. The Hall–Kier alpha value is -2.67. The molecule has 0 spiro atoms. The standard InChI is InChI=1S/C20H19BrFN3O2/c1-3-8-25(11-14-9-15(21)5-6-16(14)22)20(27)13-4-7-18-17(10-13)23-19(26)12-24(18)2/h3-7,9-10H,1,8,11-12H2,2H3,(H,23,26). The maximum atomic E-state index is 14.1. The summed E-state index contributed by atoms with van der Waals surface area (Å²) >= 11 is 3.32. The minimum atomic E-state index is -0.376. The molecule has 1 heterocycles. The van der Waals surface area contributed by atoms with E-state index in [-0.39, 0.29) is 37.3 Å². The largest absolute Gasteiger partial charge is 0.364 e. The van der Waals surface area contributed by atoms with Crippen LogP contribution in [0.25, 0.3) is 0 Å². The highest BCUT2D eigenvalue weighted by Gasteiger charge is 2.22. The van der Waals surface area contributed by atoms with Crippen molar-refractivity contribution in [1.82, 2.24) is 4.90 Å². The zero-order valence-corrected chi connectivity index (χ0v) is 16.4. The van der Waals surface area contributed by atoms with Crippen LogP contribution in [-0.4, -0.2) is 36.9 Å². The van der Waals surface area contributed by atoms with Gasteiger partial charge in [0.2, 0.25) is 5.91 Å². The van der Waals surface area contributed by atoms with E-state index < -0.39 is 0 Å². The van der Waals surface area contributed by atoms with E-state index in [2.05, 4.69) is 27.8 Å². The lowest BCUT2D eigenvalue weighted by atomic mass is 10.1. The maximum Gasteiger partial charge on any atom is 0.254 e. The van der Waals surface area contributed by atoms with Gasteiger partial charge in [0.1, 0.15) is 5.82 Å². The summed E-state index contributed by atoms with van der Waals surface area (Å²) < 4.78 is 14.8. The first kappa shape index (κ1) is 19.1. The Morgan fingerprint density at radius 2 is 2.15 bits per heavy atom. The van der Waals surface area contributed by atoms with Crippen LogP contribution in [-0.2, 0) is 11.3 Å². The number of carbonyl (C=O) groups excluding carboxylic acids is 2. The number of benzene rings is 2. The third-order valence-electron chi connectivity index (χ3n) is 4.32. The van der Waals surface area contributed by atoms with Gasteiger partial charge in [0, 0.05) is 35.7 Å². The van der Waals surface area contributed by atoms with Gasteiger partial charge in [-0.25, -0.2) is 4.39 Å². The van der Waals surface area contributed by atoms with Gasteiger partial charge in [-0.15, -0.1) is 6.58 Å². The second-order valence-corrected chi connectivity index (χ2v) is 7.26. The van der Waals surface area contributed by atoms with Crippen LogP contribution in [0.15, 0.2) is 53.5 Å². The second kappa shape index (κ2) is 7.92. The van der Waals surface area contributed by atoms with Crippen molar-refractivity contribution < 1.29 is 14.0 Å². The van der Waals surface area contributed by atoms with Crippen LogP contribution in [0.5, 0.6) is 0 Å². The molecule has 2 aromatic carbocycles. The van der Waals surface area contributed by atoms with Gasteiger partial charge in [0.05, 0.1) is 17.9 Å². The zero-order valence-electron chi connectivity index (χ0n) is 14.8. The molecule has 27 heavy (non-hydrogen) atoms. The molecule has 7 heteroatoms. The van der Waals surface area contributed by atoms with Crippen LogP contribution in [0.4, 0.5) is 15.8 Å². The van der Waals surface area contributed by atoms with E-state index in [1.807, 2.05) is 11.9 Å². The number of carbonyl (C=O) groups is 2. The summed E-state index contributed by atoms with van der Waals surface area (Å²) in [5, 5.41) is 2.79. The maximum absolute atomic E-state index is 14.1. The Morgan fingerprint density at radius 3 is 2.89 bits per heavy atom.